The summed E-state index contributed by atoms with van der Waals surface area (Å²) in [7, 11) is 0. The number of hydrogen-bond acceptors (Lipinski definition) is 2. The maximum absolute atomic E-state index is 12.4. The third kappa shape index (κ3) is 3.76. The lowest BCUT2D eigenvalue weighted by Crippen LogP contribution is -2.28. The van der Waals surface area contributed by atoms with Crippen molar-refractivity contribution < 1.29 is 4.79 Å². The van der Waals surface area contributed by atoms with Gasteiger partial charge in [-0.3, -0.25) is 4.79 Å². The highest BCUT2D eigenvalue weighted by molar-refractivity contribution is 6.30. The van der Waals surface area contributed by atoms with E-state index in [2.05, 4.69) is 5.32 Å². The van der Waals surface area contributed by atoms with E-state index in [-0.39, 0.29) is 11.9 Å². The number of rotatable bonds is 4. The zero-order chi connectivity index (χ0) is 15.4. The summed E-state index contributed by atoms with van der Waals surface area (Å²) in [6, 6.07) is 12.9. The van der Waals surface area contributed by atoms with Crippen LogP contribution < -0.4 is 11.1 Å². The van der Waals surface area contributed by atoms with Crippen LogP contribution in [0, 0.1) is 6.92 Å². The van der Waals surface area contributed by atoms with Gasteiger partial charge in [-0.05, 0) is 43.2 Å². The smallest absolute Gasteiger partial charge is 0.253 e. The number of nitrogens with one attached hydrogen (secondary N) is 1. The Morgan fingerprint density at radius 3 is 2.71 bits per heavy atom. The van der Waals surface area contributed by atoms with Crippen molar-refractivity contribution in [3.05, 3.63) is 64.2 Å². The van der Waals surface area contributed by atoms with Gasteiger partial charge in [0.1, 0.15) is 0 Å². The molecule has 1 atom stereocenters. The molecule has 0 fully saturated rings. The van der Waals surface area contributed by atoms with E-state index < -0.39 is 0 Å². The Labute approximate surface area is 130 Å². The van der Waals surface area contributed by atoms with Crippen LogP contribution in [0.2, 0.25) is 5.02 Å². The van der Waals surface area contributed by atoms with Crippen LogP contribution >= 0.6 is 11.6 Å². The molecule has 21 heavy (non-hydrogen) atoms. The monoisotopic (exact) mass is 302 g/mol. The highest BCUT2D eigenvalue weighted by atomic mass is 35.5. The molecule has 0 heterocycles. The molecule has 110 valence electrons. The van der Waals surface area contributed by atoms with Gasteiger partial charge in [-0.1, -0.05) is 42.3 Å². The molecule has 0 aliphatic carbocycles. The SMILES string of the molecule is CCC(NC(=O)c1cc(C)ccc1N)c1cccc(Cl)c1. The van der Waals surface area contributed by atoms with Crippen molar-refractivity contribution in [3.63, 3.8) is 0 Å². The Hall–Kier alpha value is -2.00. The van der Waals surface area contributed by atoms with Crippen LogP contribution in [0.5, 0.6) is 0 Å². The second-order valence-electron chi connectivity index (χ2n) is 5.08. The fourth-order valence-electron chi connectivity index (χ4n) is 2.25. The van der Waals surface area contributed by atoms with Gasteiger partial charge in [-0.25, -0.2) is 0 Å². The first-order valence-electron chi connectivity index (χ1n) is 6.93. The lowest BCUT2D eigenvalue weighted by atomic mass is 10.0. The van der Waals surface area contributed by atoms with Crippen LogP contribution in [0.4, 0.5) is 5.69 Å². The lowest BCUT2D eigenvalue weighted by Gasteiger charge is -2.18. The number of anilines is 1. The summed E-state index contributed by atoms with van der Waals surface area (Å²) >= 11 is 6.01. The van der Waals surface area contributed by atoms with Crippen LogP contribution in [0.15, 0.2) is 42.5 Å². The molecule has 0 aliphatic heterocycles. The zero-order valence-electron chi connectivity index (χ0n) is 12.2. The topological polar surface area (TPSA) is 55.1 Å². The summed E-state index contributed by atoms with van der Waals surface area (Å²) in [4.78, 5) is 12.4. The van der Waals surface area contributed by atoms with Crippen molar-refractivity contribution in [2.24, 2.45) is 0 Å². The van der Waals surface area contributed by atoms with E-state index in [0.29, 0.717) is 16.3 Å². The minimum Gasteiger partial charge on any atom is -0.398 e. The summed E-state index contributed by atoms with van der Waals surface area (Å²) < 4.78 is 0. The Morgan fingerprint density at radius 2 is 2.05 bits per heavy atom. The number of aryl methyl sites for hydroxylation is 1. The van der Waals surface area contributed by atoms with E-state index >= 15 is 0 Å². The van der Waals surface area contributed by atoms with E-state index in [4.69, 9.17) is 17.3 Å². The number of carbonyl (C=O) groups excluding carboxylic acids is 1. The third-order valence-electron chi connectivity index (χ3n) is 3.42. The zero-order valence-corrected chi connectivity index (χ0v) is 12.9. The summed E-state index contributed by atoms with van der Waals surface area (Å²) in [6.07, 6.45) is 0.776. The minimum absolute atomic E-state index is 0.0869. The van der Waals surface area contributed by atoms with Gasteiger partial charge < -0.3 is 11.1 Å². The van der Waals surface area contributed by atoms with Gasteiger partial charge in [0.2, 0.25) is 0 Å². The number of benzene rings is 2. The van der Waals surface area contributed by atoms with Crippen molar-refractivity contribution in [3.8, 4) is 0 Å². The second kappa shape index (κ2) is 6.64. The van der Waals surface area contributed by atoms with Gasteiger partial charge in [0, 0.05) is 10.7 Å². The standard InChI is InChI=1S/C17H19ClN2O/c1-3-16(12-5-4-6-13(18)10-12)20-17(21)14-9-11(2)7-8-15(14)19/h4-10,16H,3,19H2,1-2H3,(H,20,21). The molecular weight excluding hydrogens is 284 g/mol. The Balaban J connectivity index is 2.22. The molecule has 4 heteroatoms. The van der Waals surface area contributed by atoms with Crippen molar-refractivity contribution in [2.75, 3.05) is 5.73 Å². The molecule has 0 aliphatic rings. The first-order chi connectivity index (χ1) is 10.0. The molecule has 0 radical (unpaired) electrons. The number of amides is 1. The summed E-state index contributed by atoms with van der Waals surface area (Å²) in [6.45, 7) is 3.95. The molecule has 0 spiro atoms. The normalized spacial score (nSPS) is 12.0. The Morgan fingerprint density at radius 1 is 1.29 bits per heavy atom. The number of nitrogens with two attached hydrogens (primary N) is 1. The molecule has 2 rings (SSSR count). The molecule has 2 aromatic rings. The second-order valence-corrected chi connectivity index (χ2v) is 5.52. The maximum atomic E-state index is 12.4. The number of nitrogen functional groups attached to an aromatic ring is 1. The first-order valence-corrected chi connectivity index (χ1v) is 7.31. The molecule has 0 aromatic heterocycles. The molecule has 2 aromatic carbocycles. The third-order valence-corrected chi connectivity index (χ3v) is 3.65. The van der Waals surface area contributed by atoms with Crippen LogP contribution in [0.1, 0.15) is 40.9 Å². The minimum atomic E-state index is -0.164. The van der Waals surface area contributed by atoms with Gasteiger partial charge in [0.25, 0.3) is 5.91 Å². The largest absolute Gasteiger partial charge is 0.398 e. The highest BCUT2D eigenvalue weighted by Crippen LogP contribution is 2.22. The fraction of sp³-hybridized carbons (Fsp3) is 0.235. The van der Waals surface area contributed by atoms with Gasteiger partial charge in [-0.15, -0.1) is 0 Å². The molecule has 0 saturated carbocycles. The van der Waals surface area contributed by atoms with E-state index in [1.807, 2.05) is 44.2 Å². The van der Waals surface area contributed by atoms with Gasteiger partial charge in [-0.2, -0.15) is 0 Å². The molecule has 3 nitrogen and oxygen atoms in total. The van der Waals surface area contributed by atoms with Crippen LogP contribution in [0.25, 0.3) is 0 Å². The highest BCUT2D eigenvalue weighted by Gasteiger charge is 2.16. The molecule has 3 N–H and O–H groups in total. The summed E-state index contributed by atoms with van der Waals surface area (Å²) in [5, 5.41) is 3.68. The molecule has 1 unspecified atom stereocenters. The van der Waals surface area contributed by atoms with Crippen molar-refractivity contribution in [2.45, 2.75) is 26.3 Å². The fourth-order valence-corrected chi connectivity index (χ4v) is 2.45. The predicted octanol–water partition coefficient (Wildman–Crippen LogP) is 4.11. The first kappa shape index (κ1) is 15.4. The van der Waals surface area contributed by atoms with Crippen molar-refractivity contribution in [1.82, 2.24) is 5.32 Å². The number of halogens is 1. The van der Waals surface area contributed by atoms with Gasteiger partial charge in [0.05, 0.1) is 11.6 Å². The average molecular weight is 303 g/mol. The average Bonchev–Trinajstić information content (AvgIpc) is 2.47. The summed E-state index contributed by atoms with van der Waals surface area (Å²) in [5.74, 6) is -0.164. The lowest BCUT2D eigenvalue weighted by molar-refractivity contribution is 0.0936. The Bertz CT molecular complexity index is 655. The van der Waals surface area contributed by atoms with E-state index in [1.54, 1.807) is 12.1 Å². The van der Waals surface area contributed by atoms with Gasteiger partial charge >= 0.3 is 0 Å². The van der Waals surface area contributed by atoms with Crippen LogP contribution in [0.3, 0.4) is 0 Å². The van der Waals surface area contributed by atoms with E-state index in [9.17, 15) is 4.79 Å². The summed E-state index contributed by atoms with van der Waals surface area (Å²) in [5.41, 5.74) is 8.88. The quantitative estimate of drug-likeness (QED) is 0.835. The van der Waals surface area contributed by atoms with Crippen LogP contribution in [-0.2, 0) is 0 Å². The molecule has 0 saturated heterocycles. The molecular formula is C17H19ClN2O. The van der Waals surface area contributed by atoms with E-state index in [1.165, 1.54) is 0 Å². The van der Waals surface area contributed by atoms with Gasteiger partial charge in [0.15, 0.2) is 0 Å². The Kier molecular flexibility index (Phi) is 4.86. The van der Waals surface area contributed by atoms with Crippen LogP contribution in [-0.4, -0.2) is 5.91 Å². The molecule has 0 bridgehead atoms. The van der Waals surface area contributed by atoms with E-state index in [0.717, 1.165) is 17.5 Å². The number of hydrogen-bond donors (Lipinski definition) is 2. The maximum Gasteiger partial charge on any atom is 0.253 e. The predicted molar refractivity (Wildman–Crippen MR) is 87.5 cm³/mol. The number of carbonyl (C=O) groups is 1. The molecule has 1 amide bonds. The van der Waals surface area contributed by atoms with Crippen molar-refractivity contribution in [1.29, 1.82) is 0 Å². The van der Waals surface area contributed by atoms with Crippen molar-refractivity contribution >= 4 is 23.2 Å².